The molecule has 8 nitrogen and oxygen atoms in total. The molecule has 4 heterocycles. The Morgan fingerprint density at radius 2 is 2.08 bits per heavy atom. The van der Waals surface area contributed by atoms with Gasteiger partial charge in [0.2, 0.25) is 5.89 Å². The van der Waals surface area contributed by atoms with Crippen molar-refractivity contribution in [3.05, 3.63) is 75.5 Å². The number of nitriles is 1. The number of hydrogen-bond donors (Lipinski definition) is 0. The summed E-state index contributed by atoms with van der Waals surface area (Å²) in [4.78, 5) is 19.5. The molecule has 1 aliphatic rings. The van der Waals surface area contributed by atoms with Crippen molar-refractivity contribution in [2.45, 2.75) is 51.2 Å². The van der Waals surface area contributed by atoms with Crippen molar-refractivity contribution in [3.63, 3.8) is 0 Å². The van der Waals surface area contributed by atoms with Gasteiger partial charge in [0.15, 0.2) is 0 Å². The SMILES string of the molecule is COc1ccccc1[C@H](Cc1cc(CCC#N)c(=O)n2c(C)c(-c3ncco3)sc12)OC1CCOCC1. The summed E-state index contributed by atoms with van der Waals surface area (Å²) in [6.45, 7) is 3.25. The number of oxazole rings is 1. The number of fused-ring (bicyclic) bond motifs is 1. The van der Waals surface area contributed by atoms with Gasteiger partial charge in [-0.05, 0) is 43.9 Å². The highest BCUT2D eigenvalue weighted by atomic mass is 32.1. The number of thiazole rings is 1. The number of hydrogen-bond acceptors (Lipinski definition) is 8. The predicted molar refractivity (Wildman–Crippen MR) is 140 cm³/mol. The Morgan fingerprint density at radius 1 is 1.27 bits per heavy atom. The first-order valence-electron chi connectivity index (χ1n) is 12.4. The molecule has 0 N–H and O–H groups in total. The maximum atomic E-state index is 13.5. The van der Waals surface area contributed by atoms with Crippen molar-refractivity contribution in [2.24, 2.45) is 0 Å². The third-order valence-corrected chi connectivity index (χ3v) is 8.03. The van der Waals surface area contributed by atoms with Gasteiger partial charge in [-0.25, -0.2) is 4.98 Å². The Hall–Kier alpha value is -3.45. The number of aryl methyl sites for hydroxylation is 2. The summed E-state index contributed by atoms with van der Waals surface area (Å²) in [6, 6.07) is 12.0. The number of rotatable bonds is 9. The molecule has 1 aliphatic heterocycles. The van der Waals surface area contributed by atoms with Crippen LogP contribution in [0.3, 0.4) is 0 Å². The van der Waals surface area contributed by atoms with Crippen molar-refractivity contribution in [1.29, 1.82) is 5.26 Å². The van der Waals surface area contributed by atoms with Gasteiger partial charge in [0.05, 0.1) is 31.6 Å². The molecule has 0 amide bonds. The maximum absolute atomic E-state index is 13.5. The number of ether oxygens (including phenoxy) is 3. The summed E-state index contributed by atoms with van der Waals surface area (Å²) in [5.41, 5.74) is 3.20. The van der Waals surface area contributed by atoms with Crippen molar-refractivity contribution in [3.8, 4) is 22.6 Å². The van der Waals surface area contributed by atoms with Crippen LogP contribution in [-0.2, 0) is 22.3 Å². The highest BCUT2D eigenvalue weighted by molar-refractivity contribution is 7.21. The van der Waals surface area contributed by atoms with Crippen LogP contribution in [0.1, 0.15) is 47.8 Å². The summed E-state index contributed by atoms with van der Waals surface area (Å²) in [5, 5.41) is 9.20. The average Bonchev–Trinajstić information content (AvgIpc) is 3.58. The van der Waals surface area contributed by atoms with Crippen LogP contribution in [0.25, 0.3) is 15.6 Å². The smallest absolute Gasteiger partial charge is 0.259 e. The molecular formula is C28H29N3O5S. The second-order valence-electron chi connectivity index (χ2n) is 9.04. The van der Waals surface area contributed by atoms with Crippen LogP contribution < -0.4 is 10.3 Å². The quantitative estimate of drug-likeness (QED) is 0.297. The van der Waals surface area contributed by atoms with Crippen LogP contribution in [0.5, 0.6) is 5.75 Å². The van der Waals surface area contributed by atoms with Crippen molar-refractivity contribution in [2.75, 3.05) is 20.3 Å². The highest BCUT2D eigenvalue weighted by Crippen LogP contribution is 2.37. The van der Waals surface area contributed by atoms with E-state index in [1.165, 1.54) is 17.6 Å². The molecule has 1 fully saturated rings. The molecule has 0 saturated carbocycles. The molecule has 4 aromatic rings. The summed E-state index contributed by atoms with van der Waals surface area (Å²) in [7, 11) is 1.66. The predicted octanol–water partition coefficient (Wildman–Crippen LogP) is 5.27. The molecule has 3 aromatic heterocycles. The fraction of sp³-hybridized carbons (Fsp3) is 0.393. The van der Waals surface area contributed by atoms with Gasteiger partial charge in [0.1, 0.15) is 21.7 Å². The van der Waals surface area contributed by atoms with E-state index in [9.17, 15) is 10.1 Å². The van der Waals surface area contributed by atoms with Gasteiger partial charge in [0, 0.05) is 42.9 Å². The second kappa shape index (κ2) is 11.3. The minimum atomic E-state index is -0.294. The van der Waals surface area contributed by atoms with Gasteiger partial charge >= 0.3 is 0 Å². The first kappa shape index (κ1) is 25.2. The third-order valence-electron chi connectivity index (χ3n) is 6.72. The zero-order chi connectivity index (χ0) is 25.8. The Kier molecular flexibility index (Phi) is 7.70. The second-order valence-corrected chi connectivity index (χ2v) is 10.0. The fourth-order valence-electron chi connectivity index (χ4n) is 4.86. The molecule has 0 spiro atoms. The van der Waals surface area contributed by atoms with Gasteiger partial charge in [-0.1, -0.05) is 18.2 Å². The van der Waals surface area contributed by atoms with E-state index < -0.39 is 0 Å². The zero-order valence-electron chi connectivity index (χ0n) is 20.9. The molecule has 0 unspecified atom stereocenters. The van der Waals surface area contributed by atoms with E-state index in [-0.39, 0.29) is 24.2 Å². The van der Waals surface area contributed by atoms with Crippen molar-refractivity contribution in [1.82, 2.24) is 9.38 Å². The van der Waals surface area contributed by atoms with E-state index in [2.05, 4.69) is 11.1 Å². The Morgan fingerprint density at radius 3 is 2.81 bits per heavy atom. The van der Waals surface area contributed by atoms with Crippen LogP contribution in [0.15, 0.2) is 52.0 Å². The lowest BCUT2D eigenvalue weighted by molar-refractivity contribution is -0.0699. The molecule has 1 saturated heterocycles. The van der Waals surface area contributed by atoms with Crippen LogP contribution >= 0.6 is 11.3 Å². The normalized spacial score (nSPS) is 15.1. The molecule has 9 heteroatoms. The molecule has 0 aliphatic carbocycles. The molecule has 5 rings (SSSR count). The summed E-state index contributed by atoms with van der Waals surface area (Å²) in [5.74, 6) is 1.24. The van der Waals surface area contributed by atoms with Crippen LogP contribution in [0.4, 0.5) is 0 Å². The lowest BCUT2D eigenvalue weighted by atomic mass is 9.98. The summed E-state index contributed by atoms with van der Waals surface area (Å²) >= 11 is 1.48. The number of pyridine rings is 1. The molecule has 0 bridgehead atoms. The van der Waals surface area contributed by atoms with Crippen LogP contribution in [0, 0.1) is 18.3 Å². The molecule has 1 atom stereocenters. The van der Waals surface area contributed by atoms with Crippen LogP contribution in [-0.4, -0.2) is 35.8 Å². The van der Waals surface area contributed by atoms with Crippen molar-refractivity contribution < 1.29 is 18.6 Å². The van der Waals surface area contributed by atoms with Gasteiger partial charge in [0.25, 0.3) is 5.56 Å². The van der Waals surface area contributed by atoms with E-state index in [4.69, 9.17) is 18.6 Å². The van der Waals surface area contributed by atoms with Gasteiger partial charge in [-0.15, -0.1) is 11.3 Å². The number of methoxy groups -OCH3 is 1. The Balaban J connectivity index is 1.64. The first-order chi connectivity index (χ1) is 18.1. The first-order valence-corrected chi connectivity index (χ1v) is 13.2. The van der Waals surface area contributed by atoms with Gasteiger partial charge < -0.3 is 18.6 Å². The van der Waals surface area contributed by atoms with Crippen molar-refractivity contribution >= 4 is 16.2 Å². The molecule has 1 aromatic carbocycles. The standard InChI is InChI=1S/C28H29N3O5S/c1-18-25(26-30-12-15-35-26)37-28-20(16-19(6-5-11-29)27(32)31(18)28)17-24(36-21-9-13-34-14-10-21)22-7-3-4-8-23(22)33-2/h3-4,7-8,12,15-16,21,24H,5-6,9-10,13-14,17H2,1-2H3/t24-/m0/s1. The Bertz CT molecular complexity index is 1460. The number of nitrogens with zero attached hydrogens (tertiary/aromatic N) is 3. The number of benzene rings is 1. The van der Waals surface area contributed by atoms with Gasteiger partial charge in [-0.3, -0.25) is 9.20 Å². The summed E-state index contributed by atoms with van der Waals surface area (Å²) in [6.07, 6.45) is 5.74. The highest BCUT2D eigenvalue weighted by Gasteiger charge is 2.27. The van der Waals surface area contributed by atoms with E-state index >= 15 is 0 Å². The monoisotopic (exact) mass is 519 g/mol. The molecule has 37 heavy (non-hydrogen) atoms. The molecule has 0 radical (unpaired) electrons. The topological polar surface area (TPSA) is 99.0 Å². The number of aromatic nitrogens is 2. The number of para-hydroxylation sites is 1. The third kappa shape index (κ3) is 5.18. The van der Waals surface area contributed by atoms with E-state index in [0.29, 0.717) is 37.5 Å². The minimum Gasteiger partial charge on any atom is -0.496 e. The summed E-state index contributed by atoms with van der Waals surface area (Å²) < 4.78 is 25.3. The fourth-order valence-corrected chi connectivity index (χ4v) is 6.06. The van der Waals surface area contributed by atoms with E-state index in [0.717, 1.165) is 45.1 Å². The van der Waals surface area contributed by atoms with Gasteiger partial charge in [-0.2, -0.15) is 5.26 Å². The molecular weight excluding hydrogens is 490 g/mol. The lowest BCUT2D eigenvalue weighted by Crippen LogP contribution is -2.27. The van der Waals surface area contributed by atoms with Crippen LogP contribution in [0.2, 0.25) is 0 Å². The maximum Gasteiger partial charge on any atom is 0.259 e. The lowest BCUT2D eigenvalue weighted by Gasteiger charge is -2.29. The average molecular weight is 520 g/mol. The Labute approximate surface area is 219 Å². The molecule has 192 valence electrons. The minimum absolute atomic E-state index is 0.0663. The van der Waals surface area contributed by atoms with E-state index in [1.54, 1.807) is 17.7 Å². The largest absolute Gasteiger partial charge is 0.496 e. The van der Waals surface area contributed by atoms with E-state index in [1.807, 2.05) is 37.3 Å². The zero-order valence-corrected chi connectivity index (χ0v) is 21.8.